The maximum Gasteiger partial charge on any atom is 0.264 e. The van der Waals surface area contributed by atoms with Crippen LogP contribution in [0.2, 0.25) is 0 Å². The highest BCUT2D eigenvalue weighted by Crippen LogP contribution is 2.25. The highest BCUT2D eigenvalue weighted by Gasteiger charge is 2.24. The predicted molar refractivity (Wildman–Crippen MR) is 159 cm³/mol. The summed E-state index contributed by atoms with van der Waals surface area (Å²) in [7, 11) is 0. The van der Waals surface area contributed by atoms with Gasteiger partial charge in [-0.15, -0.1) is 5.10 Å². The van der Waals surface area contributed by atoms with E-state index in [9.17, 15) is 9.59 Å². The SMILES string of the molecule is C[C@H](NC(=O)c1c(N)nn2cccnc12)c1cc2cccc(C#Cc3cnn4c3CCC4)c2c(=O)n1-c1ccccc1. The van der Waals surface area contributed by atoms with Crippen LogP contribution in [0.5, 0.6) is 0 Å². The number of para-hydroxylation sites is 1. The summed E-state index contributed by atoms with van der Waals surface area (Å²) in [5.74, 6) is 6.14. The molecule has 1 amide bonds. The number of nitrogens with one attached hydrogen (secondary N) is 1. The van der Waals surface area contributed by atoms with Crippen molar-refractivity contribution in [1.82, 2.24) is 34.3 Å². The molecule has 10 heteroatoms. The number of carbonyl (C=O) groups is 1. The van der Waals surface area contributed by atoms with Crippen LogP contribution in [0.3, 0.4) is 0 Å². The minimum atomic E-state index is -0.572. The fraction of sp³-hybridized carbons (Fsp3) is 0.156. The van der Waals surface area contributed by atoms with Crippen LogP contribution in [0.15, 0.2) is 84.0 Å². The van der Waals surface area contributed by atoms with Crippen molar-refractivity contribution < 1.29 is 4.79 Å². The van der Waals surface area contributed by atoms with E-state index in [0.29, 0.717) is 28.0 Å². The van der Waals surface area contributed by atoms with Gasteiger partial charge in [0, 0.05) is 35.9 Å². The number of benzene rings is 2. The molecule has 1 atom stereocenters. The second-order valence-corrected chi connectivity index (χ2v) is 10.2. The molecule has 0 radical (unpaired) electrons. The number of rotatable bonds is 4. The first-order valence-electron chi connectivity index (χ1n) is 13.7. The number of carbonyl (C=O) groups excluding carboxylic acids is 1. The monoisotopic (exact) mass is 554 g/mol. The summed E-state index contributed by atoms with van der Waals surface area (Å²) in [4.78, 5) is 32.0. The van der Waals surface area contributed by atoms with Gasteiger partial charge in [0.2, 0.25) is 0 Å². The molecule has 42 heavy (non-hydrogen) atoms. The normalized spacial score (nSPS) is 13.1. The largest absolute Gasteiger partial charge is 0.381 e. The van der Waals surface area contributed by atoms with Gasteiger partial charge in [0.15, 0.2) is 11.5 Å². The average Bonchev–Trinajstić information content (AvgIpc) is 3.70. The Morgan fingerprint density at radius 3 is 2.76 bits per heavy atom. The zero-order chi connectivity index (χ0) is 28.8. The van der Waals surface area contributed by atoms with E-state index in [4.69, 9.17) is 5.73 Å². The molecule has 6 aromatic rings. The van der Waals surface area contributed by atoms with E-state index in [1.807, 2.05) is 66.2 Å². The maximum atomic E-state index is 14.3. The number of hydrogen-bond acceptors (Lipinski definition) is 6. The third kappa shape index (κ3) is 4.19. The molecule has 4 aromatic heterocycles. The van der Waals surface area contributed by atoms with Crippen molar-refractivity contribution >= 4 is 28.1 Å². The van der Waals surface area contributed by atoms with Crippen LogP contribution in [0.4, 0.5) is 5.82 Å². The Bertz CT molecular complexity index is 2130. The first-order chi connectivity index (χ1) is 20.5. The maximum absolute atomic E-state index is 14.3. The molecule has 5 heterocycles. The Balaban J connectivity index is 1.34. The zero-order valence-corrected chi connectivity index (χ0v) is 22.8. The van der Waals surface area contributed by atoms with Crippen molar-refractivity contribution in [3.8, 4) is 17.5 Å². The van der Waals surface area contributed by atoms with Crippen LogP contribution in [0.1, 0.15) is 52.3 Å². The summed E-state index contributed by atoms with van der Waals surface area (Å²) in [6, 6.07) is 18.1. The van der Waals surface area contributed by atoms with Crippen molar-refractivity contribution in [3.63, 3.8) is 0 Å². The highest BCUT2D eigenvalue weighted by atomic mass is 16.2. The van der Waals surface area contributed by atoms with Gasteiger partial charge >= 0.3 is 0 Å². The Morgan fingerprint density at radius 1 is 1.07 bits per heavy atom. The van der Waals surface area contributed by atoms with Crippen LogP contribution in [0.25, 0.3) is 22.1 Å². The summed E-state index contributed by atoms with van der Waals surface area (Å²) in [6.07, 6.45) is 7.06. The number of nitrogens with zero attached hydrogens (tertiary/aromatic N) is 6. The van der Waals surface area contributed by atoms with Gasteiger partial charge in [-0.25, -0.2) is 9.50 Å². The number of nitrogen functional groups attached to an aromatic ring is 1. The molecule has 0 fully saturated rings. The van der Waals surface area contributed by atoms with Crippen molar-refractivity contribution in [1.29, 1.82) is 0 Å². The molecule has 10 nitrogen and oxygen atoms in total. The lowest BCUT2D eigenvalue weighted by Gasteiger charge is -2.21. The Kier molecular flexibility index (Phi) is 6.05. The van der Waals surface area contributed by atoms with Gasteiger partial charge in [-0.3, -0.25) is 18.8 Å². The van der Waals surface area contributed by atoms with Crippen LogP contribution < -0.4 is 16.6 Å². The number of hydrogen-bond donors (Lipinski definition) is 2. The lowest BCUT2D eigenvalue weighted by molar-refractivity contribution is 0.0941. The fourth-order valence-corrected chi connectivity index (χ4v) is 5.62. The second-order valence-electron chi connectivity index (χ2n) is 10.2. The number of pyridine rings is 1. The molecular weight excluding hydrogens is 528 g/mol. The van der Waals surface area contributed by atoms with E-state index in [-0.39, 0.29) is 16.9 Å². The molecule has 1 aliphatic rings. The Morgan fingerprint density at radius 2 is 1.90 bits per heavy atom. The lowest BCUT2D eigenvalue weighted by Crippen LogP contribution is -2.32. The van der Waals surface area contributed by atoms with Crippen molar-refractivity contribution in [3.05, 3.63) is 118 Å². The van der Waals surface area contributed by atoms with E-state index >= 15 is 0 Å². The van der Waals surface area contributed by atoms with Gasteiger partial charge in [0.05, 0.1) is 28.9 Å². The molecule has 0 unspecified atom stereocenters. The zero-order valence-electron chi connectivity index (χ0n) is 22.8. The average molecular weight is 555 g/mol. The van der Waals surface area contributed by atoms with Gasteiger partial charge in [0.25, 0.3) is 11.5 Å². The fourth-order valence-electron chi connectivity index (χ4n) is 5.62. The molecule has 3 N–H and O–H groups in total. The van der Waals surface area contributed by atoms with E-state index in [1.165, 1.54) is 4.52 Å². The van der Waals surface area contributed by atoms with Crippen LogP contribution >= 0.6 is 0 Å². The first kappa shape index (κ1) is 25.3. The number of amides is 1. The standard InChI is InChI=1S/C32H26N8O2/c1-20(36-31(41)28-29(33)37-39-17-7-15-34-30(28)39)26-18-22-9-5-8-21(13-14-23-19-35-38-16-6-12-25(23)38)27(22)32(42)40(26)24-10-3-2-4-11-24/h2-5,7-11,15,17-20H,6,12,16H2,1H3,(H2,33,37)(H,36,41)/t20-/m0/s1. The van der Waals surface area contributed by atoms with Crippen molar-refractivity contribution in [2.75, 3.05) is 5.73 Å². The number of nitrogens with two attached hydrogens (primary N) is 1. The molecule has 206 valence electrons. The van der Waals surface area contributed by atoms with E-state index in [0.717, 1.165) is 36.0 Å². The number of aromatic nitrogens is 6. The molecule has 0 saturated heterocycles. The summed E-state index contributed by atoms with van der Waals surface area (Å²) in [5, 5.41) is 12.9. The smallest absolute Gasteiger partial charge is 0.264 e. The molecule has 2 aromatic carbocycles. The van der Waals surface area contributed by atoms with E-state index in [1.54, 1.807) is 29.2 Å². The second kappa shape index (κ2) is 10.1. The van der Waals surface area contributed by atoms with Gasteiger partial charge in [-0.1, -0.05) is 42.2 Å². The molecule has 0 saturated carbocycles. The van der Waals surface area contributed by atoms with Gasteiger partial charge in [0.1, 0.15) is 5.56 Å². The minimum absolute atomic E-state index is 0.0737. The van der Waals surface area contributed by atoms with Gasteiger partial charge in [-0.05, 0) is 55.5 Å². The molecule has 0 spiro atoms. The van der Waals surface area contributed by atoms with Crippen LogP contribution in [0, 0.1) is 11.8 Å². The van der Waals surface area contributed by atoms with Gasteiger partial charge in [-0.2, -0.15) is 5.10 Å². The summed E-state index contributed by atoms with van der Waals surface area (Å²) in [5.41, 5.74) is 10.3. The molecule has 0 aliphatic carbocycles. The van der Waals surface area contributed by atoms with Crippen molar-refractivity contribution in [2.45, 2.75) is 32.4 Å². The third-order valence-corrected chi connectivity index (χ3v) is 7.59. The minimum Gasteiger partial charge on any atom is -0.381 e. The number of fused-ring (bicyclic) bond motifs is 3. The van der Waals surface area contributed by atoms with Gasteiger partial charge < -0.3 is 11.1 Å². The molecule has 0 bridgehead atoms. The number of aryl methyl sites for hydroxylation is 1. The van der Waals surface area contributed by atoms with Crippen molar-refractivity contribution in [2.24, 2.45) is 0 Å². The molecular formula is C32H26N8O2. The third-order valence-electron chi connectivity index (χ3n) is 7.59. The first-order valence-corrected chi connectivity index (χ1v) is 13.7. The number of anilines is 1. The molecule has 1 aliphatic heterocycles. The quantitative estimate of drug-likeness (QED) is 0.321. The summed E-state index contributed by atoms with van der Waals surface area (Å²) < 4.78 is 5.09. The van der Waals surface area contributed by atoms with Crippen LogP contribution in [-0.2, 0) is 13.0 Å². The van der Waals surface area contributed by atoms with E-state index < -0.39 is 11.9 Å². The van der Waals surface area contributed by atoms with E-state index in [2.05, 4.69) is 32.3 Å². The summed E-state index contributed by atoms with van der Waals surface area (Å²) >= 11 is 0. The Hall–Kier alpha value is -5.69. The van der Waals surface area contributed by atoms with Crippen LogP contribution in [-0.4, -0.2) is 34.9 Å². The lowest BCUT2D eigenvalue weighted by atomic mass is 10.0. The Labute approximate surface area is 240 Å². The molecule has 7 rings (SSSR count). The highest BCUT2D eigenvalue weighted by molar-refractivity contribution is 6.04. The predicted octanol–water partition coefficient (Wildman–Crippen LogP) is 3.65. The topological polar surface area (TPSA) is 125 Å². The summed E-state index contributed by atoms with van der Waals surface area (Å²) in [6.45, 7) is 2.74.